The zero-order valence-corrected chi connectivity index (χ0v) is 11.0. The molecule has 106 valence electrons. The van der Waals surface area contributed by atoms with Gasteiger partial charge in [-0.3, -0.25) is 19.5 Å². The van der Waals surface area contributed by atoms with Crippen molar-refractivity contribution in [2.24, 2.45) is 5.10 Å². The molecule has 1 heterocycles. The predicted molar refractivity (Wildman–Crippen MR) is 68.1 cm³/mol. The van der Waals surface area contributed by atoms with Crippen molar-refractivity contribution < 1.29 is 22.7 Å². The van der Waals surface area contributed by atoms with E-state index in [9.17, 15) is 23.3 Å². The molecular formula is C10H9N3O6S. The third-order valence-corrected chi connectivity index (χ3v) is 3.43. The van der Waals surface area contributed by atoms with Crippen molar-refractivity contribution in [2.45, 2.75) is 18.2 Å². The Morgan fingerprint density at radius 1 is 1.45 bits per heavy atom. The third-order valence-electron chi connectivity index (χ3n) is 2.58. The standard InChI is InChI=1S/C10H9N3O6S/c1-6-4-10(14)12(11-6)8-3-2-7(20(17,18)19)5-9(8)13(15)16/h2-3,5H,4H2,1H3,(H,17,18,19). The molecule has 2 rings (SSSR count). The van der Waals surface area contributed by atoms with Crippen LogP contribution in [0.2, 0.25) is 0 Å². The Morgan fingerprint density at radius 3 is 2.55 bits per heavy atom. The number of benzene rings is 1. The van der Waals surface area contributed by atoms with Crippen molar-refractivity contribution in [3.8, 4) is 0 Å². The number of amides is 1. The fourth-order valence-electron chi connectivity index (χ4n) is 1.73. The number of rotatable bonds is 3. The summed E-state index contributed by atoms with van der Waals surface area (Å²) in [6, 6.07) is 2.70. The van der Waals surface area contributed by atoms with E-state index in [4.69, 9.17) is 4.55 Å². The number of nitro groups is 1. The Bertz CT molecular complexity index is 739. The summed E-state index contributed by atoms with van der Waals surface area (Å²) in [5.74, 6) is -0.454. The topological polar surface area (TPSA) is 130 Å². The minimum atomic E-state index is -4.57. The molecule has 0 fully saturated rings. The highest BCUT2D eigenvalue weighted by Crippen LogP contribution is 2.33. The van der Waals surface area contributed by atoms with Gasteiger partial charge in [0, 0.05) is 11.8 Å². The maximum absolute atomic E-state index is 11.7. The monoisotopic (exact) mass is 299 g/mol. The zero-order chi connectivity index (χ0) is 15.1. The van der Waals surface area contributed by atoms with Gasteiger partial charge in [0.05, 0.1) is 11.3 Å². The number of carbonyl (C=O) groups excluding carboxylic acids is 1. The van der Waals surface area contributed by atoms with Gasteiger partial charge in [0.15, 0.2) is 0 Å². The van der Waals surface area contributed by atoms with Crippen molar-refractivity contribution in [2.75, 3.05) is 5.01 Å². The zero-order valence-electron chi connectivity index (χ0n) is 10.2. The molecule has 1 aromatic rings. The lowest BCUT2D eigenvalue weighted by Crippen LogP contribution is -2.20. The first-order valence-electron chi connectivity index (χ1n) is 5.33. The molecule has 0 saturated heterocycles. The largest absolute Gasteiger partial charge is 0.296 e. The number of hydrogen-bond acceptors (Lipinski definition) is 6. The smallest absolute Gasteiger partial charge is 0.282 e. The van der Waals surface area contributed by atoms with Crippen LogP contribution in [-0.4, -0.2) is 29.5 Å². The van der Waals surface area contributed by atoms with Crippen LogP contribution in [0.5, 0.6) is 0 Å². The van der Waals surface area contributed by atoms with Gasteiger partial charge in [0.2, 0.25) is 0 Å². The van der Waals surface area contributed by atoms with E-state index in [0.717, 1.165) is 17.1 Å². The van der Waals surface area contributed by atoms with Crippen LogP contribution in [0.3, 0.4) is 0 Å². The maximum atomic E-state index is 11.7. The molecule has 1 amide bonds. The number of hydrazone groups is 1. The lowest BCUT2D eigenvalue weighted by molar-refractivity contribution is -0.384. The van der Waals surface area contributed by atoms with Gasteiger partial charge in [-0.05, 0) is 19.1 Å². The molecule has 1 aromatic carbocycles. The first-order chi connectivity index (χ1) is 9.20. The van der Waals surface area contributed by atoms with Crippen LogP contribution in [0.25, 0.3) is 0 Å². The molecule has 0 aromatic heterocycles. The fraction of sp³-hybridized carbons (Fsp3) is 0.200. The number of carbonyl (C=O) groups is 1. The summed E-state index contributed by atoms with van der Waals surface area (Å²) in [5, 5.41) is 15.7. The van der Waals surface area contributed by atoms with Gasteiger partial charge in [-0.1, -0.05) is 0 Å². The van der Waals surface area contributed by atoms with E-state index in [1.165, 1.54) is 0 Å². The second kappa shape index (κ2) is 4.65. The summed E-state index contributed by atoms with van der Waals surface area (Å²) in [7, 11) is -4.57. The molecule has 1 aliphatic heterocycles. The summed E-state index contributed by atoms with van der Waals surface area (Å²) < 4.78 is 30.9. The van der Waals surface area contributed by atoms with Gasteiger partial charge < -0.3 is 0 Å². The van der Waals surface area contributed by atoms with Crippen molar-refractivity contribution in [3.63, 3.8) is 0 Å². The van der Waals surface area contributed by atoms with Crippen LogP contribution >= 0.6 is 0 Å². The van der Waals surface area contributed by atoms with Crippen molar-refractivity contribution in [1.82, 2.24) is 0 Å². The highest BCUT2D eigenvalue weighted by Gasteiger charge is 2.30. The predicted octanol–water partition coefficient (Wildman–Crippen LogP) is 0.954. The molecule has 0 unspecified atom stereocenters. The molecule has 9 nitrogen and oxygen atoms in total. The Labute approximate surface area is 113 Å². The van der Waals surface area contributed by atoms with Gasteiger partial charge in [0.1, 0.15) is 10.6 Å². The number of anilines is 1. The minimum Gasteiger partial charge on any atom is -0.282 e. The Kier molecular flexibility index (Phi) is 3.28. The molecule has 1 aliphatic rings. The second-order valence-electron chi connectivity index (χ2n) is 4.10. The number of nitrogens with zero attached hydrogens (tertiary/aromatic N) is 3. The van der Waals surface area contributed by atoms with Gasteiger partial charge in [-0.2, -0.15) is 18.5 Å². The van der Waals surface area contributed by atoms with Crippen LogP contribution in [0.15, 0.2) is 28.2 Å². The Morgan fingerprint density at radius 2 is 2.10 bits per heavy atom. The molecular weight excluding hydrogens is 290 g/mol. The van der Waals surface area contributed by atoms with Crippen molar-refractivity contribution >= 4 is 33.1 Å². The summed E-state index contributed by atoms with van der Waals surface area (Å²) in [4.78, 5) is 21.2. The molecule has 0 bridgehead atoms. The van der Waals surface area contributed by atoms with Gasteiger partial charge in [-0.15, -0.1) is 0 Å². The SMILES string of the molecule is CC1=NN(c2ccc(S(=O)(=O)O)cc2[N+](=O)[O-])C(=O)C1. The number of nitro benzene ring substituents is 1. The minimum absolute atomic E-state index is 0.0389. The molecule has 0 atom stereocenters. The first kappa shape index (κ1) is 14.1. The number of hydrogen-bond donors (Lipinski definition) is 1. The molecule has 1 N–H and O–H groups in total. The Balaban J connectivity index is 2.60. The average molecular weight is 299 g/mol. The first-order valence-corrected chi connectivity index (χ1v) is 6.77. The quantitative estimate of drug-likeness (QED) is 0.502. The van der Waals surface area contributed by atoms with Crippen molar-refractivity contribution in [3.05, 3.63) is 28.3 Å². The summed E-state index contributed by atoms with van der Waals surface area (Å²) >= 11 is 0. The summed E-state index contributed by atoms with van der Waals surface area (Å²) in [5.41, 5.74) is -0.292. The molecule has 20 heavy (non-hydrogen) atoms. The maximum Gasteiger partial charge on any atom is 0.296 e. The molecule has 0 radical (unpaired) electrons. The van der Waals surface area contributed by atoms with Crippen LogP contribution in [0.4, 0.5) is 11.4 Å². The summed E-state index contributed by atoms with van der Waals surface area (Å²) in [6.07, 6.45) is 0.0389. The van der Waals surface area contributed by atoms with E-state index in [2.05, 4.69) is 5.10 Å². The molecule has 0 spiro atoms. The van der Waals surface area contributed by atoms with E-state index < -0.39 is 31.5 Å². The van der Waals surface area contributed by atoms with E-state index in [1.54, 1.807) is 6.92 Å². The summed E-state index contributed by atoms with van der Waals surface area (Å²) in [6.45, 7) is 1.59. The fourth-order valence-corrected chi connectivity index (χ4v) is 2.23. The van der Waals surface area contributed by atoms with Crippen LogP contribution < -0.4 is 5.01 Å². The van der Waals surface area contributed by atoms with Crippen LogP contribution in [-0.2, 0) is 14.9 Å². The lowest BCUT2D eigenvalue weighted by Gasteiger charge is -2.12. The highest BCUT2D eigenvalue weighted by atomic mass is 32.2. The molecule has 0 saturated carbocycles. The van der Waals surface area contributed by atoms with Crippen molar-refractivity contribution in [1.29, 1.82) is 0 Å². The third kappa shape index (κ3) is 2.51. The average Bonchev–Trinajstić information content (AvgIpc) is 2.66. The van der Waals surface area contributed by atoms with Crippen LogP contribution in [0.1, 0.15) is 13.3 Å². The van der Waals surface area contributed by atoms with Gasteiger partial charge in [-0.25, -0.2) is 0 Å². The van der Waals surface area contributed by atoms with E-state index in [1.807, 2.05) is 0 Å². The second-order valence-corrected chi connectivity index (χ2v) is 5.52. The Hall–Kier alpha value is -2.33. The van der Waals surface area contributed by atoms with Gasteiger partial charge >= 0.3 is 0 Å². The lowest BCUT2D eigenvalue weighted by atomic mass is 10.2. The molecule has 10 heteroatoms. The van der Waals surface area contributed by atoms with E-state index >= 15 is 0 Å². The normalized spacial score (nSPS) is 15.4. The van der Waals surface area contributed by atoms with E-state index in [0.29, 0.717) is 11.8 Å². The van der Waals surface area contributed by atoms with Gasteiger partial charge in [0.25, 0.3) is 21.7 Å². The highest BCUT2D eigenvalue weighted by molar-refractivity contribution is 7.85. The molecule has 0 aliphatic carbocycles. The van der Waals surface area contributed by atoms with Crippen LogP contribution in [0, 0.1) is 10.1 Å². The van der Waals surface area contributed by atoms with E-state index in [-0.39, 0.29) is 12.1 Å².